The number of halogens is 1. The Labute approximate surface area is 200 Å². The molecule has 0 aliphatic heterocycles. The van der Waals surface area contributed by atoms with Crippen LogP contribution in [0.1, 0.15) is 5.56 Å². The molecular weight excluding hydrogens is 607 g/mol. The first-order valence-electron chi connectivity index (χ1n) is 7.82. The van der Waals surface area contributed by atoms with E-state index in [1.54, 1.807) is 0 Å². The van der Waals surface area contributed by atoms with E-state index in [0.717, 1.165) is 11.1 Å². The van der Waals surface area contributed by atoms with Gasteiger partial charge >= 0.3 is 21.1 Å². The molecule has 0 fully saturated rings. The summed E-state index contributed by atoms with van der Waals surface area (Å²) in [4.78, 5) is 12.8. The van der Waals surface area contributed by atoms with E-state index in [4.69, 9.17) is 20.4 Å². The molecule has 1 aromatic heterocycles. The maximum Gasteiger partial charge on any atom is 4.00 e. The van der Waals surface area contributed by atoms with Crippen LogP contribution in [-0.2, 0) is 27.7 Å². The van der Waals surface area contributed by atoms with Crippen molar-refractivity contribution in [2.24, 2.45) is 0 Å². The zero-order valence-electron chi connectivity index (χ0n) is 16.5. The third kappa shape index (κ3) is 11.9. The van der Waals surface area contributed by atoms with Crippen LogP contribution in [0.5, 0.6) is 0 Å². The number of rotatable bonds is 1. The molecule has 0 aliphatic rings. The predicted octanol–water partition coefficient (Wildman–Crippen LogP) is 1.37. The van der Waals surface area contributed by atoms with Crippen molar-refractivity contribution in [3.8, 4) is 0 Å². The van der Waals surface area contributed by atoms with Crippen LogP contribution in [0.2, 0.25) is 0 Å². The summed E-state index contributed by atoms with van der Waals surface area (Å²) in [6.45, 7) is 0.140. The van der Waals surface area contributed by atoms with Crippen molar-refractivity contribution in [2.45, 2.75) is 6.61 Å². The molecular formula is C20H25ClN4O5Pt+2. The minimum Gasteiger partial charge on any atom is -1.00 e. The standard InChI is InChI=1S/C13H9N.C7H8O.ClH.HNO3.2H3N.H2O.Pt/c1-2-6-11-10(5-1)9-14-13-8-4-3-7-12(11)13;8-6-7-4-2-1-3-5-7;;2-1(3)4;;;;/h1-9H;1-5,8H,6H2;1H;(H,2,3,4);2*1H3;1H2;/q;;;;;;;+4/p-2. The first-order chi connectivity index (χ1) is 12.6. The minimum absolute atomic E-state index is 0. The van der Waals surface area contributed by atoms with Gasteiger partial charge in [0.2, 0.25) is 0 Å². The molecule has 4 rings (SSSR count). The van der Waals surface area contributed by atoms with Crippen molar-refractivity contribution in [1.29, 1.82) is 0 Å². The molecule has 11 heteroatoms. The van der Waals surface area contributed by atoms with Crippen LogP contribution in [0, 0.1) is 10.1 Å². The predicted molar refractivity (Wildman–Crippen MR) is 112 cm³/mol. The van der Waals surface area contributed by atoms with E-state index in [2.05, 4.69) is 35.3 Å². The summed E-state index contributed by atoms with van der Waals surface area (Å²) >= 11 is 0. The zero-order valence-corrected chi connectivity index (χ0v) is 19.5. The average Bonchev–Trinajstić information content (AvgIpc) is 2.68. The molecule has 9 N–H and O–H groups in total. The van der Waals surface area contributed by atoms with Crippen LogP contribution in [0.3, 0.4) is 0 Å². The zero-order chi connectivity index (χ0) is 18.8. The summed E-state index contributed by atoms with van der Waals surface area (Å²) in [6, 6.07) is 26.1. The van der Waals surface area contributed by atoms with Gasteiger partial charge in [0.15, 0.2) is 0 Å². The summed E-state index contributed by atoms with van der Waals surface area (Å²) in [5, 5.41) is 25.9. The second-order valence-electron chi connectivity index (χ2n) is 5.24. The monoisotopic (exact) mass is 631 g/mol. The molecule has 0 amide bonds. The molecule has 170 valence electrons. The number of hydrogen-bond donors (Lipinski definition) is 4. The Morgan fingerprint density at radius 3 is 1.81 bits per heavy atom. The molecule has 9 nitrogen and oxygen atoms in total. The van der Waals surface area contributed by atoms with Crippen molar-refractivity contribution in [3.63, 3.8) is 0 Å². The fourth-order valence-corrected chi connectivity index (χ4v) is 2.39. The first kappa shape index (κ1) is 35.8. The van der Waals surface area contributed by atoms with Gasteiger partial charge in [-0.2, -0.15) is 0 Å². The Morgan fingerprint density at radius 1 is 0.839 bits per heavy atom. The van der Waals surface area contributed by atoms with Crippen molar-refractivity contribution < 1.29 is 54.3 Å². The van der Waals surface area contributed by atoms with Crippen molar-refractivity contribution >= 4 is 21.7 Å². The van der Waals surface area contributed by atoms with Gasteiger partial charge in [0.05, 0.1) is 12.1 Å². The van der Waals surface area contributed by atoms with Crippen LogP contribution < -0.4 is 24.7 Å². The van der Waals surface area contributed by atoms with Gasteiger partial charge < -0.3 is 40.5 Å². The fraction of sp³-hybridized carbons (Fsp3) is 0.0500. The Hall–Kier alpha value is -2.65. The third-order valence-electron chi connectivity index (χ3n) is 3.52. The first-order valence-corrected chi connectivity index (χ1v) is 7.82. The van der Waals surface area contributed by atoms with E-state index in [1.807, 2.05) is 54.7 Å². The van der Waals surface area contributed by atoms with Gasteiger partial charge in [-0.05, 0) is 17.0 Å². The van der Waals surface area contributed by atoms with Crippen molar-refractivity contribution in [2.75, 3.05) is 0 Å². The number of pyridine rings is 1. The number of fused-ring (bicyclic) bond motifs is 3. The van der Waals surface area contributed by atoms with Crippen LogP contribution >= 0.6 is 0 Å². The molecule has 3 aromatic carbocycles. The van der Waals surface area contributed by atoms with Crippen LogP contribution in [-0.4, -0.2) is 25.9 Å². The molecule has 31 heavy (non-hydrogen) atoms. The maximum absolute atomic E-state index is 8.54. The summed E-state index contributed by atoms with van der Waals surface area (Å²) in [6.07, 6.45) is 1.93. The molecule has 0 atom stereocenters. The summed E-state index contributed by atoms with van der Waals surface area (Å²) in [7, 11) is 0. The number of para-hydroxylation sites is 1. The molecule has 0 unspecified atom stereocenters. The second kappa shape index (κ2) is 19.3. The quantitative estimate of drug-likeness (QED) is 0.137. The third-order valence-corrected chi connectivity index (χ3v) is 3.52. The van der Waals surface area contributed by atoms with Gasteiger partial charge in [0.1, 0.15) is 0 Å². The van der Waals surface area contributed by atoms with E-state index in [9.17, 15) is 0 Å². The van der Waals surface area contributed by atoms with Gasteiger partial charge in [-0.15, -0.1) is 10.1 Å². The van der Waals surface area contributed by atoms with Gasteiger partial charge in [-0.1, -0.05) is 72.8 Å². The van der Waals surface area contributed by atoms with Gasteiger partial charge in [0.25, 0.3) is 5.09 Å². The number of aliphatic hydroxyl groups excluding tert-OH is 1. The maximum atomic E-state index is 8.54. The van der Waals surface area contributed by atoms with E-state index >= 15 is 0 Å². The smallest absolute Gasteiger partial charge is 1.00 e. The van der Waals surface area contributed by atoms with Gasteiger partial charge in [0, 0.05) is 17.0 Å². The van der Waals surface area contributed by atoms with Crippen LogP contribution in [0.25, 0.3) is 21.7 Å². The second-order valence-corrected chi connectivity index (χ2v) is 5.24. The Morgan fingerprint density at radius 2 is 1.29 bits per heavy atom. The van der Waals surface area contributed by atoms with Gasteiger partial charge in [-0.3, -0.25) is 4.98 Å². The van der Waals surface area contributed by atoms with Crippen molar-refractivity contribution in [1.82, 2.24) is 17.3 Å². The SMILES string of the molecule is N.N.O=[N+]([O-])O.OCc1ccccc1.[Cl-].[OH-].[Pt+4].c1ccc2c(c1)cnc1ccccc12. The van der Waals surface area contributed by atoms with Crippen LogP contribution in [0.15, 0.2) is 85.1 Å². The fourth-order valence-electron chi connectivity index (χ4n) is 2.39. The number of hydrogen-bond acceptors (Lipinski definition) is 7. The van der Waals surface area contributed by atoms with Gasteiger partial charge in [-0.25, -0.2) is 0 Å². The molecule has 1 heterocycles. The van der Waals surface area contributed by atoms with E-state index in [1.165, 1.54) is 16.2 Å². The minimum atomic E-state index is -1.50. The average molecular weight is 632 g/mol. The van der Waals surface area contributed by atoms with Crippen molar-refractivity contribution in [3.05, 3.63) is 101 Å². The normalized spacial score (nSPS) is 8.03. The van der Waals surface area contributed by atoms with E-state index in [0.29, 0.717) is 0 Å². The Kier molecular flexibility index (Phi) is 22.3. The largest absolute Gasteiger partial charge is 4.00 e. The summed E-state index contributed by atoms with van der Waals surface area (Å²) in [5.41, 5.74) is 2.03. The molecule has 0 radical (unpaired) electrons. The topological polar surface area (TPSA) is 196 Å². The Bertz CT molecular complexity index is 938. The van der Waals surface area contributed by atoms with E-state index in [-0.39, 0.29) is 57.9 Å². The molecule has 0 aliphatic carbocycles. The Balaban J connectivity index is -0.000000189. The van der Waals surface area contributed by atoms with E-state index < -0.39 is 5.09 Å². The number of aromatic nitrogens is 1. The molecule has 0 bridgehead atoms. The molecule has 0 spiro atoms. The number of aliphatic hydroxyl groups is 1. The molecule has 0 saturated carbocycles. The summed E-state index contributed by atoms with van der Waals surface area (Å²) in [5.74, 6) is 0. The number of benzene rings is 3. The molecule has 4 aromatic rings. The number of nitrogens with zero attached hydrogens (tertiary/aromatic N) is 2. The van der Waals surface area contributed by atoms with Crippen LogP contribution in [0.4, 0.5) is 0 Å². The summed E-state index contributed by atoms with van der Waals surface area (Å²) < 4.78 is 0. The molecule has 0 saturated heterocycles.